The minimum atomic E-state index is 0.141. The number of hydrogen-bond acceptors (Lipinski definition) is 3. The lowest BCUT2D eigenvalue weighted by Crippen LogP contribution is -2.12. The second kappa shape index (κ2) is 5.51. The lowest BCUT2D eigenvalue weighted by Gasteiger charge is -2.13. The van der Waals surface area contributed by atoms with Crippen molar-refractivity contribution in [1.82, 2.24) is 9.97 Å². The Morgan fingerprint density at radius 2 is 2.29 bits per heavy atom. The van der Waals surface area contributed by atoms with Gasteiger partial charge in [0.05, 0.1) is 6.10 Å². The van der Waals surface area contributed by atoms with Crippen LogP contribution in [-0.2, 0) is 0 Å². The highest BCUT2D eigenvalue weighted by atomic mass is 79.9. The molecule has 3 nitrogen and oxygen atoms in total. The molecule has 0 aliphatic heterocycles. The molecule has 0 bridgehead atoms. The molecule has 1 atom stereocenters. The lowest BCUT2D eigenvalue weighted by molar-refractivity contribution is 0.199. The fourth-order valence-electron chi connectivity index (χ4n) is 1.07. The highest BCUT2D eigenvalue weighted by Gasteiger charge is 2.10. The van der Waals surface area contributed by atoms with Gasteiger partial charge in [-0.3, -0.25) is 0 Å². The fraction of sp³-hybridized carbons (Fsp3) is 0.556. The van der Waals surface area contributed by atoms with E-state index in [0.29, 0.717) is 15.5 Å². The molecule has 1 aromatic heterocycles. The number of rotatable bonds is 4. The molecule has 0 radical (unpaired) electrons. The van der Waals surface area contributed by atoms with Crippen LogP contribution in [0.2, 0.25) is 5.15 Å². The summed E-state index contributed by atoms with van der Waals surface area (Å²) in [5.41, 5.74) is 0. The summed E-state index contributed by atoms with van der Waals surface area (Å²) >= 11 is 9.07. The molecule has 78 valence electrons. The number of nitrogens with zero attached hydrogens (tertiary/aromatic N) is 2. The van der Waals surface area contributed by atoms with Crippen molar-refractivity contribution in [3.63, 3.8) is 0 Å². The maximum absolute atomic E-state index is 5.80. The molecule has 0 spiro atoms. The average molecular weight is 280 g/mol. The highest BCUT2D eigenvalue weighted by molar-refractivity contribution is 9.10. The van der Waals surface area contributed by atoms with Crippen LogP contribution in [0.3, 0.4) is 0 Å². The van der Waals surface area contributed by atoms with Crippen molar-refractivity contribution in [2.45, 2.75) is 32.8 Å². The molecule has 1 rings (SSSR count). The largest absolute Gasteiger partial charge is 0.474 e. The van der Waals surface area contributed by atoms with Gasteiger partial charge in [0, 0.05) is 0 Å². The molecule has 0 saturated heterocycles. The molecule has 0 saturated carbocycles. The smallest absolute Gasteiger partial charge is 0.232 e. The van der Waals surface area contributed by atoms with Gasteiger partial charge in [-0.1, -0.05) is 24.9 Å². The molecule has 1 aromatic rings. The van der Waals surface area contributed by atoms with Crippen LogP contribution < -0.4 is 4.74 Å². The van der Waals surface area contributed by atoms with Crippen LogP contribution in [0.4, 0.5) is 0 Å². The van der Waals surface area contributed by atoms with Gasteiger partial charge < -0.3 is 4.74 Å². The van der Waals surface area contributed by atoms with E-state index in [-0.39, 0.29) is 6.10 Å². The third-order valence-electron chi connectivity index (χ3n) is 1.72. The molecular formula is C9H12BrClN2O. The van der Waals surface area contributed by atoms with E-state index in [1.165, 1.54) is 6.33 Å². The number of hydrogen-bond donors (Lipinski definition) is 0. The van der Waals surface area contributed by atoms with Crippen LogP contribution >= 0.6 is 27.5 Å². The van der Waals surface area contributed by atoms with Crippen molar-refractivity contribution in [2.24, 2.45) is 0 Å². The molecule has 0 aromatic carbocycles. The van der Waals surface area contributed by atoms with E-state index in [0.717, 1.165) is 12.8 Å². The third kappa shape index (κ3) is 3.10. The molecule has 14 heavy (non-hydrogen) atoms. The van der Waals surface area contributed by atoms with Crippen molar-refractivity contribution in [3.8, 4) is 5.88 Å². The highest BCUT2D eigenvalue weighted by Crippen LogP contribution is 2.28. The lowest BCUT2D eigenvalue weighted by atomic mass is 10.2. The van der Waals surface area contributed by atoms with Crippen molar-refractivity contribution in [1.29, 1.82) is 0 Å². The molecular weight excluding hydrogens is 267 g/mol. The topological polar surface area (TPSA) is 35.0 Å². The van der Waals surface area contributed by atoms with Crippen molar-refractivity contribution in [2.75, 3.05) is 0 Å². The SMILES string of the molecule is CCCC(C)Oc1ncnc(Cl)c1Br. The Hall–Kier alpha value is -0.350. The molecule has 0 aliphatic rings. The number of halogens is 2. The predicted molar refractivity (Wildman–Crippen MR) is 59.7 cm³/mol. The molecule has 1 heterocycles. The minimum absolute atomic E-state index is 0.141. The molecule has 5 heteroatoms. The van der Waals surface area contributed by atoms with Crippen LogP contribution in [-0.4, -0.2) is 16.1 Å². The maximum Gasteiger partial charge on any atom is 0.232 e. The number of ether oxygens (including phenoxy) is 1. The summed E-state index contributed by atoms with van der Waals surface area (Å²) in [5, 5.41) is 0.374. The van der Waals surface area contributed by atoms with E-state index in [9.17, 15) is 0 Å². The molecule has 0 aliphatic carbocycles. The van der Waals surface area contributed by atoms with E-state index < -0.39 is 0 Å². The monoisotopic (exact) mass is 278 g/mol. The van der Waals surface area contributed by atoms with Crippen molar-refractivity contribution >= 4 is 27.5 Å². The van der Waals surface area contributed by atoms with Crippen LogP contribution in [0.1, 0.15) is 26.7 Å². The maximum atomic E-state index is 5.80. The zero-order valence-corrected chi connectivity index (χ0v) is 10.5. The standard InChI is InChI=1S/C9H12BrClN2O/c1-3-4-6(2)14-9-7(10)8(11)12-5-13-9/h5-6H,3-4H2,1-2H3. The summed E-state index contributed by atoms with van der Waals surface area (Å²) in [6.45, 7) is 4.12. The van der Waals surface area contributed by atoms with Crippen LogP contribution in [0.15, 0.2) is 10.8 Å². The van der Waals surface area contributed by atoms with Gasteiger partial charge in [-0.05, 0) is 29.3 Å². The first kappa shape index (κ1) is 11.7. The fourth-order valence-corrected chi connectivity index (χ4v) is 1.49. The summed E-state index contributed by atoms with van der Waals surface area (Å²) in [7, 11) is 0. The normalized spacial score (nSPS) is 12.6. The predicted octanol–water partition coefficient (Wildman–Crippen LogP) is 3.46. The number of aromatic nitrogens is 2. The van der Waals surface area contributed by atoms with Crippen LogP contribution in [0, 0.1) is 0 Å². The quantitative estimate of drug-likeness (QED) is 0.792. The molecule has 0 fully saturated rings. The first-order chi connectivity index (χ1) is 6.65. The summed E-state index contributed by atoms with van der Waals surface area (Å²) in [6.07, 6.45) is 3.61. The van der Waals surface area contributed by atoms with Gasteiger partial charge in [0.25, 0.3) is 0 Å². The van der Waals surface area contributed by atoms with Gasteiger partial charge >= 0.3 is 0 Å². The molecule has 1 unspecified atom stereocenters. The zero-order valence-electron chi connectivity index (χ0n) is 8.13. The van der Waals surface area contributed by atoms with Crippen molar-refractivity contribution in [3.05, 3.63) is 16.0 Å². The third-order valence-corrected chi connectivity index (χ3v) is 2.95. The van der Waals surface area contributed by atoms with E-state index in [1.54, 1.807) is 0 Å². The van der Waals surface area contributed by atoms with Gasteiger partial charge in [-0.15, -0.1) is 0 Å². The Morgan fingerprint density at radius 1 is 1.57 bits per heavy atom. The Balaban J connectivity index is 2.71. The Kier molecular flexibility index (Phi) is 4.62. The Bertz CT molecular complexity index is 309. The van der Waals surface area contributed by atoms with E-state index in [4.69, 9.17) is 16.3 Å². The second-order valence-electron chi connectivity index (χ2n) is 3.00. The summed E-state index contributed by atoms with van der Waals surface area (Å²) in [5.74, 6) is 0.506. The van der Waals surface area contributed by atoms with E-state index in [1.807, 2.05) is 6.92 Å². The van der Waals surface area contributed by atoms with Gasteiger partial charge in [0.2, 0.25) is 5.88 Å². The second-order valence-corrected chi connectivity index (χ2v) is 4.15. The summed E-state index contributed by atoms with van der Waals surface area (Å²) in [6, 6.07) is 0. The van der Waals surface area contributed by atoms with Crippen molar-refractivity contribution < 1.29 is 4.74 Å². The van der Waals surface area contributed by atoms with E-state index in [2.05, 4.69) is 32.8 Å². The Labute approximate surface area is 97.0 Å². The Morgan fingerprint density at radius 3 is 2.93 bits per heavy atom. The summed E-state index contributed by atoms with van der Waals surface area (Å²) < 4.78 is 6.20. The minimum Gasteiger partial charge on any atom is -0.474 e. The van der Waals surface area contributed by atoms with E-state index >= 15 is 0 Å². The van der Waals surface area contributed by atoms with Gasteiger partial charge in [0.1, 0.15) is 10.8 Å². The van der Waals surface area contributed by atoms with Crippen LogP contribution in [0.5, 0.6) is 5.88 Å². The first-order valence-corrected chi connectivity index (χ1v) is 5.65. The summed E-state index contributed by atoms with van der Waals surface area (Å²) in [4.78, 5) is 7.82. The molecule has 0 amide bonds. The first-order valence-electron chi connectivity index (χ1n) is 4.47. The molecule has 0 N–H and O–H groups in total. The van der Waals surface area contributed by atoms with Gasteiger partial charge in [0.15, 0.2) is 5.15 Å². The average Bonchev–Trinajstić information content (AvgIpc) is 2.13. The van der Waals surface area contributed by atoms with Gasteiger partial charge in [-0.2, -0.15) is 0 Å². The zero-order chi connectivity index (χ0) is 10.6. The van der Waals surface area contributed by atoms with Gasteiger partial charge in [-0.25, -0.2) is 9.97 Å². The van der Waals surface area contributed by atoms with Crippen LogP contribution in [0.25, 0.3) is 0 Å².